The number of nitrogens with zero attached hydrogens (tertiary/aromatic N) is 6. The minimum Gasteiger partial charge on any atom is -0.481 e. The number of likely N-dealkylation sites (N-methyl/N-ethyl adjacent to an activating group) is 1. The number of aromatic nitrogens is 6. The third-order valence-corrected chi connectivity index (χ3v) is 7.16. The van der Waals surface area contributed by atoms with Gasteiger partial charge in [-0.2, -0.15) is 5.21 Å². The number of tetrazole rings is 1. The number of carbonyl (C=O) groups is 2. The summed E-state index contributed by atoms with van der Waals surface area (Å²) in [6.45, 7) is 2.54. The molecule has 2 heterocycles. The molecule has 0 fully saturated rings. The molecule has 0 saturated heterocycles. The molecule has 4 aromatic rings. The number of carboxylic acid groups (broad SMARTS) is 1. The highest BCUT2D eigenvalue weighted by Crippen LogP contribution is 2.30. The van der Waals surface area contributed by atoms with Crippen molar-refractivity contribution in [1.82, 2.24) is 35.1 Å². The minimum atomic E-state index is -0.962. The van der Waals surface area contributed by atoms with E-state index in [4.69, 9.17) is 21.4 Å². The lowest BCUT2D eigenvalue weighted by atomic mass is 9.98. The lowest BCUT2D eigenvalue weighted by Gasteiger charge is -2.22. The van der Waals surface area contributed by atoms with Gasteiger partial charge in [-0.1, -0.05) is 73.5 Å². The van der Waals surface area contributed by atoms with Crippen LogP contribution in [0.25, 0.3) is 22.5 Å². The number of esters is 1. The van der Waals surface area contributed by atoms with E-state index < -0.39 is 18.0 Å². The van der Waals surface area contributed by atoms with Crippen LogP contribution >= 0.6 is 11.6 Å². The Hall–Kier alpha value is -4.09. The first-order valence-electron chi connectivity index (χ1n) is 13.5. The van der Waals surface area contributed by atoms with Crippen molar-refractivity contribution in [1.29, 1.82) is 0 Å². The minimum absolute atomic E-state index is 0.0651. The monoisotopic (exact) mass is 579 g/mol. The van der Waals surface area contributed by atoms with E-state index >= 15 is 0 Å². The molecule has 12 heteroatoms. The summed E-state index contributed by atoms with van der Waals surface area (Å²) in [5.41, 5.74) is 4.50. The average Bonchev–Trinajstić information content (AvgIpc) is 3.59. The number of ether oxygens (including phenoxy) is 1. The number of hydrogen-bond donors (Lipinski definition) is 2. The predicted octanol–water partition coefficient (Wildman–Crippen LogP) is 4.61. The van der Waals surface area contributed by atoms with Gasteiger partial charge in [0.2, 0.25) is 5.82 Å². The van der Waals surface area contributed by atoms with Gasteiger partial charge in [0.15, 0.2) is 5.15 Å². The molecule has 0 radical (unpaired) electrons. The molecule has 0 aliphatic rings. The molecule has 41 heavy (non-hydrogen) atoms. The quantitative estimate of drug-likeness (QED) is 0.205. The maximum atomic E-state index is 12.9. The molecule has 0 amide bonds. The summed E-state index contributed by atoms with van der Waals surface area (Å²) >= 11 is 6.56. The van der Waals surface area contributed by atoms with Crippen LogP contribution in [0, 0.1) is 0 Å². The van der Waals surface area contributed by atoms with Crippen molar-refractivity contribution in [3.8, 4) is 22.5 Å². The summed E-state index contributed by atoms with van der Waals surface area (Å²) in [7, 11) is 3.44. The van der Waals surface area contributed by atoms with Crippen LogP contribution in [-0.2, 0) is 33.9 Å². The second kappa shape index (κ2) is 14.0. The zero-order valence-electron chi connectivity index (χ0n) is 23.4. The van der Waals surface area contributed by atoms with Crippen LogP contribution < -0.4 is 0 Å². The van der Waals surface area contributed by atoms with Crippen molar-refractivity contribution in [2.24, 2.45) is 0 Å². The van der Waals surface area contributed by atoms with E-state index in [-0.39, 0.29) is 19.4 Å². The Bertz CT molecular complexity index is 1450. The number of unbranched alkanes of at least 4 members (excludes halogenated alkanes) is 1. The predicted molar refractivity (Wildman–Crippen MR) is 154 cm³/mol. The van der Waals surface area contributed by atoms with Gasteiger partial charge in [-0.15, -0.1) is 10.2 Å². The molecule has 1 unspecified atom stereocenters. The zero-order valence-corrected chi connectivity index (χ0v) is 24.1. The van der Waals surface area contributed by atoms with E-state index in [1.165, 1.54) is 0 Å². The van der Waals surface area contributed by atoms with Crippen LogP contribution in [-0.4, -0.2) is 72.3 Å². The Balaban J connectivity index is 1.56. The number of rotatable bonds is 14. The van der Waals surface area contributed by atoms with Gasteiger partial charge in [-0.3, -0.25) is 14.5 Å². The lowest BCUT2D eigenvalue weighted by Crippen LogP contribution is -2.37. The molecule has 216 valence electrons. The van der Waals surface area contributed by atoms with E-state index in [2.05, 4.69) is 32.5 Å². The van der Waals surface area contributed by atoms with Crippen molar-refractivity contribution in [3.63, 3.8) is 0 Å². The van der Waals surface area contributed by atoms with Crippen molar-refractivity contribution in [3.05, 3.63) is 70.8 Å². The Labute approximate surface area is 243 Å². The van der Waals surface area contributed by atoms with E-state index in [9.17, 15) is 9.59 Å². The third kappa shape index (κ3) is 7.56. The maximum absolute atomic E-state index is 12.9. The fourth-order valence-electron chi connectivity index (χ4n) is 4.62. The molecule has 0 aliphatic heterocycles. The fraction of sp³-hybridized carbons (Fsp3) is 0.379. The molecule has 2 aromatic carbocycles. The summed E-state index contributed by atoms with van der Waals surface area (Å²) in [6.07, 6.45) is 2.69. The standard InChI is InChI=1S/C29H34ClN7O4/c1-4-5-10-25-31-27(30)24(18-41-29(40)23(36(2)3)15-16-26(38)39)37(25)17-19-11-13-20(14-12-19)21-8-6-7-9-22(21)28-32-34-35-33-28/h6-9,11-14,23H,4-5,10,15-18H2,1-3H3,(H,38,39)(H,32,33,34,35). The number of aryl methyl sites for hydroxylation is 1. The number of aliphatic carboxylic acids is 1. The van der Waals surface area contributed by atoms with Gasteiger partial charge < -0.3 is 14.4 Å². The Morgan fingerprint density at radius 2 is 1.85 bits per heavy atom. The van der Waals surface area contributed by atoms with Crippen molar-refractivity contribution in [2.75, 3.05) is 14.1 Å². The molecule has 4 rings (SSSR count). The molecule has 2 N–H and O–H groups in total. The number of imidazole rings is 1. The fourth-order valence-corrected chi connectivity index (χ4v) is 4.87. The zero-order chi connectivity index (χ0) is 29.4. The first-order valence-corrected chi connectivity index (χ1v) is 13.9. The van der Waals surface area contributed by atoms with Gasteiger partial charge in [0.1, 0.15) is 18.5 Å². The lowest BCUT2D eigenvalue weighted by molar-refractivity contribution is -0.151. The highest BCUT2D eigenvalue weighted by molar-refractivity contribution is 6.30. The van der Waals surface area contributed by atoms with Gasteiger partial charge in [0, 0.05) is 24.9 Å². The number of nitrogens with one attached hydrogen (secondary N) is 1. The summed E-state index contributed by atoms with van der Waals surface area (Å²) in [5, 5.41) is 23.8. The van der Waals surface area contributed by atoms with Crippen LogP contribution in [0.4, 0.5) is 0 Å². The number of aromatic amines is 1. The average molecular weight is 580 g/mol. The van der Waals surface area contributed by atoms with Crippen LogP contribution in [0.1, 0.15) is 49.7 Å². The maximum Gasteiger partial charge on any atom is 0.323 e. The molecular weight excluding hydrogens is 546 g/mol. The van der Waals surface area contributed by atoms with Crippen LogP contribution in [0.15, 0.2) is 48.5 Å². The van der Waals surface area contributed by atoms with Gasteiger partial charge in [-0.05, 0) is 48.8 Å². The molecule has 0 bridgehead atoms. The Morgan fingerprint density at radius 1 is 1.12 bits per heavy atom. The smallest absolute Gasteiger partial charge is 0.323 e. The Morgan fingerprint density at radius 3 is 2.49 bits per heavy atom. The van der Waals surface area contributed by atoms with E-state index in [1.54, 1.807) is 19.0 Å². The van der Waals surface area contributed by atoms with Crippen molar-refractivity contribution >= 4 is 23.5 Å². The molecule has 0 spiro atoms. The third-order valence-electron chi connectivity index (χ3n) is 6.85. The number of carboxylic acids is 1. The highest BCUT2D eigenvalue weighted by Gasteiger charge is 2.25. The van der Waals surface area contributed by atoms with Crippen molar-refractivity contribution < 1.29 is 19.4 Å². The second-order valence-corrected chi connectivity index (χ2v) is 10.3. The van der Waals surface area contributed by atoms with Crippen LogP contribution in [0.2, 0.25) is 5.15 Å². The summed E-state index contributed by atoms with van der Waals surface area (Å²) in [5.74, 6) is -0.114. The first kappa shape index (κ1) is 29.9. The van der Waals surface area contributed by atoms with Gasteiger partial charge in [0.05, 0.1) is 5.69 Å². The van der Waals surface area contributed by atoms with Crippen molar-refractivity contribution in [2.45, 2.75) is 58.2 Å². The summed E-state index contributed by atoms with van der Waals surface area (Å²) in [6, 6.07) is 15.4. The van der Waals surface area contributed by atoms with Gasteiger partial charge in [0.25, 0.3) is 0 Å². The molecule has 0 saturated carbocycles. The van der Waals surface area contributed by atoms with Gasteiger partial charge in [-0.25, -0.2) is 4.98 Å². The molecule has 2 aromatic heterocycles. The molecule has 11 nitrogen and oxygen atoms in total. The number of hydrogen-bond acceptors (Lipinski definition) is 8. The number of H-pyrrole nitrogens is 1. The van der Waals surface area contributed by atoms with E-state index in [0.29, 0.717) is 23.2 Å². The number of carbonyl (C=O) groups excluding carboxylic acids is 1. The topological polar surface area (TPSA) is 139 Å². The van der Waals surface area contributed by atoms with E-state index in [0.717, 1.165) is 47.3 Å². The number of halogens is 1. The SMILES string of the molecule is CCCCc1nc(Cl)c(COC(=O)C(CCC(=O)O)N(C)C)n1Cc1ccc(-c2ccccc2-c2nn[nH]n2)cc1. The van der Waals surface area contributed by atoms with Crippen LogP contribution in [0.3, 0.4) is 0 Å². The van der Waals surface area contributed by atoms with Gasteiger partial charge >= 0.3 is 11.9 Å². The number of benzene rings is 2. The summed E-state index contributed by atoms with van der Waals surface area (Å²) in [4.78, 5) is 30.2. The first-order chi connectivity index (χ1) is 19.8. The Kier molecular flexibility index (Phi) is 10.2. The molecule has 1 atom stereocenters. The normalized spacial score (nSPS) is 12.0. The largest absolute Gasteiger partial charge is 0.481 e. The van der Waals surface area contributed by atoms with E-state index in [1.807, 2.05) is 53.1 Å². The second-order valence-electron chi connectivity index (χ2n) is 9.95. The van der Waals surface area contributed by atoms with Crippen LogP contribution in [0.5, 0.6) is 0 Å². The summed E-state index contributed by atoms with van der Waals surface area (Å²) < 4.78 is 7.66. The molecule has 0 aliphatic carbocycles. The molecular formula is C29H34ClN7O4. The highest BCUT2D eigenvalue weighted by atomic mass is 35.5.